The highest BCUT2D eigenvalue weighted by atomic mass is 35.5. The summed E-state index contributed by atoms with van der Waals surface area (Å²) in [6, 6.07) is 1.66. The van der Waals surface area contributed by atoms with Crippen LogP contribution in [0.5, 0.6) is 0 Å². The van der Waals surface area contributed by atoms with Crippen molar-refractivity contribution < 1.29 is 5.73 Å². The lowest BCUT2D eigenvalue weighted by atomic mass is 10.3. The first kappa shape index (κ1) is 10.0. The molecule has 0 aliphatic carbocycles. The van der Waals surface area contributed by atoms with E-state index in [1.165, 1.54) is 12.7 Å². The minimum absolute atomic E-state index is 0.0289. The van der Waals surface area contributed by atoms with Crippen molar-refractivity contribution in [1.82, 2.24) is 24.7 Å². The van der Waals surface area contributed by atoms with E-state index < -0.39 is 0 Å². The summed E-state index contributed by atoms with van der Waals surface area (Å²) in [7, 11) is 0. The molecule has 3 N–H and O–H groups in total. The zero-order valence-corrected chi connectivity index (χ0v) is 8.89. The van der Waals surface area contributed by atoms with Crippen molar-refractivity contribution in [3.05, 3.63) is 29.7 Å². The lowest BCUT2D eigenvalue weighted by Crippen LogP contribution is -2.52. The molecule has 0 fully saturated rings. The van der Waals surface area contributed by atoms with Gasteiger partial charge in [-0.1, -0.05) is 11.6 Å². The largest absolute Gasteiger partial charge is 0.349 e. The van der Waals surface area contributed by atoms with Gasteiger partial charge < -0.3 is 5.73 Å². The van der Waals surface area contributed by atoms with Crippen molar-refractivity contribution in [2.24, 2.45) is 0 Å². The quantitative estimate of drug-likeness (QED) is 0.730. The Kier molecular flexibility index (Phi) is 2.61. The van der Waals surface area contributed by atoms with E-state index >= 15 is 0 Å². The summed E-state index contributed by atoms with van der Waals surface area (Å²) in [6.45, 7) is 1.93. The molecule has 0 radical (unpaired) electrons. The average Bonchev–Trinajstić information content (AvgIpc) is 2.65. The Morgan fingerprint density at radius 3 is 2.80 bits per heavy atom. The van der Waals surface area contributed by atoms with Crippen LogP contribution in [0.25, 0.3) is 5.82 Å². The summed E-state index contributed by atoms with van der Waals surface area (Å²) in [5.74, 6) is 1.34. The molecule has 0 saturated heterocycles. The summed E-state index contributed by atoms with van der Waals surface area (Å²) >= 11 is 5.77. The highest BCUT2D eigenvalue weighted by molar-refractivity contribution is 6.29. The van der Waals surface area contributed by atoms with Gasteiger partial charge in [-0.15, -0.1) is 0 Å². The van der Waals surface area contributed by atoms with Crippen LogP contribution in [0, 0.1) is 0 Å². The van der Waals surface area contributed by atoms with E-state index in [4.69, 9.17) is 11.6 Å². The molecule has 0 aromatic carbocycles. The summed E-state index contributed by atoms with van der Waals surface area (Å²) in [5.41, 5.74) is 3.89. The van der Waals surface area contributed by atoms with Gasteiger partial charge in [0.15, 0.2) is 11.6 Å². The van der Waals surface area contributed by atoms with E-state index in [1.807, 2.05) is 6.92 Å². The Morgan fingerprint density at radius 2 is 2.13 bits per heavy atom. The van der Waals surface area contributed by atoms with E-state index in [1.54, 1.807) is 10.7 Å². The molecule has 7 heteroatoms. The first-order valence-electron chi connectivity index (χ1n) is 4.39. The number of quaternary nitrogens is 1. The fourth-order valence-electron chi connectivity index (χ4n) is 1.20. The van der Waals surface area contributed by atoms with Crippen LogP contribution < -0.4 is 5.73 Å². The van der Waals surface area contributed by atoms with Gasteiger partial charge in [0.2, 0.25) is 0 Å². The second-order valence-electron chi connectivity index (χ2n) is 3.13. The number of rotatable bonds is 2. The smallest absolute Gasteiger partial charge is 0.191 e. The van der Waals surface area contributed by atoms with Gasteiger partial charge in [-0.05, 0) is 6.92 Å². The fourth-order valence-corrected chi connectivity index (χ4v) is 1.34. The van der Waals surface area contributed by atoms with Gasteiger partial charge in [0.05, 0.1) is 0 Å². The fraction of sp³-hybridized carbons (Fsp3) is 0.250. The molecule has 2 aromatic rings. The topological polar surface area (TPSA) is 84.1 Å². The summed E-state index contributed by atoms with van der Waals surface area (Å²) in [5, 5.41) is 4.44. The minimum atomic E-state index is 0.0289. The molecule has 0 spiro atoms. The molecule has 2 rings (SSSR count). The van der Waals surface area contributed by atoms with E-state index in [-0.39, 0.29) is 6.04 Å². The number of halogens is 1. The molecule has 0 aliphatic rings. The van der Waals surface area contributed by atoms with Crippen molar-refractivity contribution >= 4 is 11.6 Å². The normalized spacial score (nSPS) is 12.7. The summed E-state index contributed by atoms with van der Waals surface area (Å²) < 4.78 is 1.60. The molecular weight excluding hydrogens is 216 g/mol. The zero-order valence-electron chi connectivity index (χ0n) is 8.13. The van der Waals surface area contributed by atoms with Crippen LogP contribution in [-0.2, 0) is 0 Å². The van der Waals surface area contributed by atoms with Crippen LogP contribution in [0.4, 0.5) is 0 Å². The Labute approximate surface area is 91.1 Å². The molecule has 1 unspecified atom stereocenters. The van der Waals surface area contributed by atoms with Gasteiger partial charge in [0.25, 0.3) is 0 Å². The maximum Gasteiger partial charge on any atom is 0.191 e. The maximum absolute atomic E-state index is 5.77. The molecule has 6 nitrogen and oxygen atoms in total. The summed E-state index contributed by atoms with van der Waals surface area (Å²) in [4.78, 5) is 12.0. The van der Waals surface area contributed by atoms with Gasteiger partial charge in [0, 0.05) is 6.07 Å². The van der Waals surface area contributed by atoms with Crippen LogP contribution in [0.15, 0.2) is 18.7 Å². The van der Waals surface area contributed by atoms with E-state index in [9.17, 15) is 0 Å². The van der Waals surface area contributed by atoms with Crippen LogP contribution in [0.3, 0.4) is 0 Å². The number of hydrogen-bond donors (Lipinski definition) is 1. The first-order valence-corrected chi connectivity index (χ1v) is 4.77. The lowest BCUT2D eigenvalue weighted by Gasteiger charge is -2.04. The number of hydrogen-bond acceptors (Lipinski definition) is 4. The molecule has 1 atom stereocenters. The Bertz CT molecular complexity index is 466. The molecular formula is C8H10ClN6+. The zero-order chi connectivity index (χ0) is 10.8. The van der Waals surface area contributed by atoms with Gasteiger partial charge in [-0.2, -0.15) is 9.78 Å². The van der Waals surface area contributed by atoms with Crippen molar-refractivity contribution in [3.8, 4) is 5.82 Å². The molecule has 2 heterocycles. The maximum atomic E-state index is 5.77. The third kappa shape index (κ3) is 1.95. The van der Waals surface area contributed by atoms with Gasteiger partial charge in [-0.3, -0.25) is 0 Å². The standard InChI is InChI=1S/C8H9ClN6/c1-5(10)8-13-4-14-15(8)7-2-6(9)11-3-12-7/h2-5H,10H2,1H3/p+1. The van der Waals surface area contributed by atoms with Crippen LogP contribution >= 0.6 is 11.6 Å². The van der Waals surface area contributed by atoms with Crippen molar-refractivity contribution in [3.63, 3.8) is 0 Å². The molecule has 15 heavy (non-hydrogen) atoms. The van der Waals surface area contributed by atoms with Crippen LogP contribution in [-0.4, -0.2) is 24.7 Å². The third-order valence-corrected chi connectivity index (χ3v) is 2.06. The number of nitrogens with zero attached hydrogens (tertiary/aromatic N) is 5. The summed E-state index contributed by atoms with van der Waals surface area (Å²) in [6.07, 6.45) is 2.85. The predicted molar refractivity (Wildman–Crippen MR) is 53.3 cm³/mol. The Balaban J connectivity index is 2.49. The molecule has 2 aromatic heterocycles. The van der Waals surface area contributed by atoms with Gasteiger partial charge in [0.1, 0.15) is 23.8 Å². The average molecular weight is 226 g/mol. The van der Waals surface area contributed by atoms with Gasteiger partial charge >= 0.3 is 0 Å². The second kappa shape index (κ2) is 3.92. The number of aromatic nitrogens is 5. The Morgan fingerprint density at radius 1 is 1.33 bits per heavy atom. The van der Waals surface area contributed by atoms with Gasteiger partial charge in [-0.25, -0.2) is 15.0 Å². The monoisotopic (exact) mass is 225 g/mol. The SMILES string of the molecule is CC([NH3+])c1ncnn1-c1cc(Cl)ncn1. The molecule has 0 saturated carbocycles. The van der Waals surface area contributed by atoms with Crippen LogP contribution in [0.1, 0.15) is 18.8 Å². The van der Waals surface area contributed by atoms with E-state index in [0.29, 0.717) is 11.0 Å². The van der Waals surface area contributed by atoms with E-state index in [2.05, 4.69) is 25.8 Å². The van der Waals surface area contributed by atoms with Crippen molar-refractivity contribution in [2.45, 2.75) is 13.0 Å². The first-order chi connectivity index (χ1) is 7.18. The highest BCUT2D eigenvalue weighted by Crippen LogP contribution is 2.12. The van der Waals surface area contributed by atoms with Crippen LogP contribution in [0.2, 0.25) is 5.15 Å². The molecule has 0 bridgehead atoms. The lowest BCUT2D eigenvalue weighted by molar-refractivity contribution is -0.422. The highest BCUT2D eigenvalue weighted by Gasteiger charge is 2.14. The van der Waals surface area contributed by atoms with E-state index in [0.717, 1.165) is 5.82 Å². The molecule has 78 valence electrons. The molecule has 0 aliphatic heterocycles. The second-order valence-corrected chi connectivity index (χ2v) is 3.52. The van der Waals surface area contributed by atoms with Crippen molar-refractivity contribution in [1.29, 1.82) is 0 Å². The Hall–Kier alpha value is -1.53. The third-order valence-electron chi connectivity index (χ3n) is 1.85. The minimum Gasteiger partial charge on any atom is -0.349 e. The van der Waals surface area contributed by atoms with Crippen molar-refractivity contribution in [2.75, 3.05) is 0 Å². The molecule has 0 amide bonds. The predicted octanol–water partition coefficient (Wildman–Crippen LogP) is 0.0136.